The van der Waals surface area contributed by atoms with Crippen LogP contribution in [-0.2, 0) is 17.8 Å². The Hall–Kier alpha value is -2.79. The van der Waals surface area contributed by atoms with Gasteiger partial charge in [0.1, 0.15) is 5.00 Å². The summed E-state index contributed by atoms with van der Waals surface area (Å²) in [6, 6.07) is 4.26. The number of hydrogen-bond donors (Lipinski definition) is 3. The second-order valence-corrected chi connectivity index (χ2v) is 6.60. The molecule has 3 rings (SSSR count). The number of amides is 3. The van der Waals surface area contributed by atoms with Gasteiger partial charge in [0.05, 0.1) is 24.5 Å². The van der Waals surface area contributed by atoms with Crippen LogP contribution in [0.5, 0.6) is 5.75 Å². The number of anilines is 2. The average molecular weight is 401 g/mol. The molecule has 2 aromatic rings. The van der Waals surface area contributed by atoms with Crippen molar-refractivity contribution in [2.45, 2.75) is 19.4 Å². The monoisotopic (exact) mass is 401 g/mol. The summed E-state index contributed by atoms with van der Waals surface area (Å²) in [5.74, 6) is -1.26. The van der Waals surface area contributed by atoms with Crippen molar-refractivity contribution < 1.29 is 32.2 Å². The van der Waals surface area contributed by atoms with Crippen LogP contribution in [0.4, 0.5) is 28.7 Å². The summed E-state index contributed by atoms with van der Waals surface area (Å²) in [5, 5.41) is 4.95. The highest BCUT2D eigenvalue weighted by Gasteiger charge is 2.32. The van der Waals surface area contributed by atoms with Gasteiger partial charge >= 0.3 is 12.4 Å². The highest BCUT2D eigenvalue weighted by Crippen LogP contribution is 2.36. The standard InChI is InChI=1S/C16H14F3N3O4S/c17-16(18,19)26-10-4-2-1-3-9(10)21-15(24)22-14-12(13(20)23)8-5-6-25-7-11(8)27-14/h1-4H,5-7H2,(H2,20,23)(H2,21,22,24). The van der Waals surface area contributed by atoms with Crippen LogP contribution < -0.4 is 21.1 Å². The molecule has 0 saturated carbocycles. The van der Waals surface area contributed by atoms with Crippen molar-refractivity contribution >= 4 is 34.0 Å². The van der Waals surface area contributed by atoms with E-state index in [1.807, 2.05) is 0 Å². The van der Waals surface area contributed by atoms with E-state index in [1.54, 1.807) is 0 Å². The van der Waals surface area contributed by atoms with Crippen molar-refractivity contribution in [1.82, 2.24) is 0 Å². The highest BCUT2D eigenvalue weighted by atomic mass is 32.1. The minimum Gasteiger partial charge on any atom is -0.404 e. The van der Waals surface area contributed by atoms with Crippen LogP contribution >= 0.6 is 11.3 Å². The number of alkyl halides is 3. The van der Waals surface area contributed by atoms with Gasteiger partial charge in [0, 0.05) is 4.88 Å². The van der Waals surface area contributed by atoms with E-state index in [2.05, 4.69) is 15.4 Å². The number of benzene rings is 1. The van der Waals surface area contributed by atoms with Gasteiger partial charge in [-0.1, -0.05) is 12.1 Å². The first-order valence-corrected chi connectivity index (χ1v) is 8.51. The number of nitrogens with one attached hydrogen (secondary N) is 2. The van der Waals surface area contributed by atoms with Crippen LogP contribution in [-0.4, -0.2) is 24.9 Å². The van der Waals surface area contributed by atoms with E-state index in [4.69, 9.17) is 10.5 Å². The number of halogens is 3. The molecule has 0 atom stereocenters. The van der Waals surface area contributed by atoms with Crippen LogP contribution in [0.25, 0.3) is 0 Å². The zero-order valence-corrected chi connectivity index (χ0v) is 14.5. The number of para-hydroxylation sites is 2. The zero-order valence-electron chi connectivity index (χ0n) is 13.7. The second kappa shape index (κ2) is 7.45. The minimum atomic E-state index is -4.90. The Labute approximate surface area is 155 Å². The average Bonchev–Trinajstić information content (AvgIpc) is 2.93. The molecular weight excluding hydrogens is 387 g/mol. The third-order valence-electron chi connectivity index (χ3n) is 3.65. The molecule has 0 bridgehead atoms. The van der Waals surface area contributed by atoms with Gasteiger partial charge in [-0.05, 0) is 24.1 Å². The Bertz CT molecular complexity index is 882. The van der Waals surface area contributed by atoms with Crippen LogP contribution in [0.3, 0.4) is 0 Å². The van der Waals surface area contributed by atoms with Crippen molar-refractivity contribution in [3.05, 3.63) is 40.3 Å². The number of carbonyl (C=O) groups excluding carboxylic acids is 2. The molecule has 3 amide bonds. The Morgan fingerprint density at radius 2 is 1.96 bits per heavy atom. The van der Waals surface area contributed by atoms with Gasteiger partial charge in [-0.3, -0.25) is 10.1 Å². The fraction of sp³-hybridized carbons (Fsp3) is 0.250. The van der Waals surface area contributed by atoms with Gasteiger partial charge in [0.25, 0.3) is 5.91 Å². The van der Waals surface area contributed by atoms with E-state index in [9.17, 15) is 22.8 Å². The molecule has 2 heterocycles. The predicted molar refractivity (Wildman–Crippen MR) is 92.0 cm³/mol. The Morgan fingerprint density at radius 3 is 2.67 bits per heavy atom. The van der Waals surface area contributed by atoms with Gasteiger partial charge in [0.15, 0.2) is 5.75 Å². The Balaban J connectivity index is 1.80. The molecule has 1 aromatic heterocycles. The lowest BCUT2D eigenvalue weighted by molar-refractivity contribution is -0.274. The Morgan fingerprint density at radius 1 is 1.22 bits per heavy atom. The maximum absolute atomic E-state index is 12.5. The summed E-state index contributed by atoms with van der Waals surface area (Å²) in [6.07, 6.45) is -4.42. The topological polar surface area (TPSA) is 103 Å². The number of hydrogen-bond acceptors (Lipinski definition) is 5. The van der Waals surface area contributed by atoms with Crippen molar-refractivity contribution in [2.75, 3.05) is 17.2 Å². The molecule has 0 radical (unpaired) electrons. The molecule has 0 aliphatic carbocycles. The number of thiophene rings is 1. The predicted octanol–water partition coefficient (Wildman–Crippen LogP) is 3.46. The van der Waals surface area contributed by atoms with E-state index in [0.29, 0.717) is 19.6 Å². The fourth-order valence-electron chi connectivity index (χ4n) is 2.62. The summed E-state index contributed by atoms with van der Waals surface area (Å²) in [6.45, 7) is 0.726. The molecule has 4 N–H and O–H groups in total. The van der Waals surface area contributed by atoms with Crippen LogP contribution in [0, 0.1) is 0 Å². The van der Waals surface area contributed by atoms with Crippen molar-refractivity contribution in [3.8, 4) is 5.75 Å². The maximum atomic E-state index is 12.5. The van der Waals surface area contributed by atoms with E-state index in [0.717, 1.165) is 27.8 Å². The quantitative estimate of drug-likeness (QED) is 0.730. The molecule has 7 nitrogen and oxygen atoms in total. The molecule has 1 aliphatic rings. The first-order valence-electron chi connectivity index (χ1n) is 7.69. The molecule has 27 heavy (non-hydrogen) atoms. The van der Waals surface area contributed by atoms with Gasteiger partial charge in [-0.25, -0.2) is 4.79 Å². The van der Waals surface area contributed by atoms with Crippen LogP contribution in [0.2, 0.25) is 0 Å². The van der Waals surface area contributed by atoms with Crippen LogP contribution in [0.15, 0.2) is 24.3 Å². The highest BCUT2D eigenvalue weighted by molar-refractivity contribution is 7.17. The minimum absolute atomic E-state index is 0.183. The third-order valence-corrected chi connectivity index (χ3v) is 4.78. The summed E-state index contributed by atoms with van der Waals surface area (Å²) in [5.41, 5.74) is 6.14. The summed E-state index contributed by atoms with van der Waals surface area (Å²) < 4.78 is 46.6. The first kappa shape index (κ1) is 19.0. The first-order chi connectivity index (χ1) is 12.7. The molecule has 1 aliphatic heterocycles. The van der Waals surface area contributed by atoms with Gasteiger partial charge < -0.3 is 20.5 Å². The zero-order chi connectivity index (χ0) is 19.6. The Kier molecular flexibility index (Phi) is 5.24. The molecule has 144 valence electrons. The van der Waals surface area contributed by atoms with Crippen molar-refractivity contribution in [3.63, 3.8) is 0 Å². The fourth-order valence-corrected chi connectivity index (χ4v) is 3.81. The molecule has 0 fully saturated rings. The summed E-state index contributed by atoms with van der Waals surface area (Å²) in [4.78, 5) is 24.8. The van der Waals surface area contributed by atoms with Crippen LogP contribution in [0.1, 0.15) is 20.8 Å². The van der Waals surface area contributed by atoms with Gasteiger partial charge in [0.2, 0.25) is 0 Å². The maximum Gasteiger partial charge on any atom is 0.573 e. The third kappa shape index (κ3) is 4.49. The smallest absolute Gasteiger partial charge is 0.404 e. The largest absolute Gasteiger partial charge is 0.573 e. The number of primary amides is 1. The number of ether oxygens (including phenoxy) is 2. The van der Waals surface area contributed by atoms with Gasteiger partial charge in [-0.15, -0.1) is 24.5 Å². The lowest BCUT2D eigenvalue weighted by Gasteiger charge is -2.14. The van der Waals surface area contributed by atoms with E-state index in [-0.39, 0.29) is 16.3 Å². The number of urea groups is 1. The van der Waals surface area contributed by atoms with E-state index < -0.39 is 24.1 Å². The molecule has 0 unspecified atom stereocenters. The SMILES string of the molecule is NC(=O)c1c(NC(=O)Nc2ccccc2OC(F)(F)F)sc2c1CCOC2. The summed E-state index contributed by atoms with van der Waals surface area (Å²) >= 11 is 1.13. The number of fused-ring (bicyclic) bond motifs is 1. The lowest BCUT2D eigenvalue weighted by atomic mass is 10.1. The van der Waals surface area contributed by atoms with E-state index in [1.165, 1.54) is 18.2 Å². The van der Waals surface area contributed by atoms with Gasteiger partial charge in [-0.2, -0.15) is 0 Å². The molecule has 11 heteroatoms. The molecular formula is C16H14F3N3O4S. The molecule has 0 saturated heterocycles. The normalized spacial score (nSPS) is 13.6. The van der Waals surface area contributed by atoms with E-state index >= 15 is 0 Å². The lowest BCUT2D eigenvalue weighted by Crippen LogP contribution is -2.23. The number of rotatable bonds is 4. The molecule has 0 spiro atoms. The van der Waals surface area contributed by atoms with Crippen molar-refractivity contribution in [2.24, 2.45) is 5.73 Å². The number of carbonyl (C=O) groups is 2. The number of nitrogens with two attached hydrogens (primary N) is 1. The second-order valence-electron chi connectivity index (χ2n) is 5.50. The van der Waals surface area contributed by atoms with Crippen molar-refractivity contribution in [1.29, 1.82) is 0 Å². The summed E-state index contributed by atoms with van der Waals surface area (Å²) in [7, 11) is 0. The molecule has 1 aromatic carbocycles.